The van der Waals surface area contributed by atoms with E-state index in [9.17, 15) is 24.0 Å². The van der Waals surface area contributed by atoms with Gasteiger partial charge in [0.25, 0.3) is 0 Å². The van der Waals surface area contributed by atoms with Crippen molar-refractivity contribution in [3.63, 3.8) is 0 Å². The molecule has 0 aliphatic heterocycles. The predicted molar refractivity (Wildman–Crippen MR) is 90.4 cm³/mol. The van der Waals surface area contributed by atoms with E-state index in [-0.39, 0.29) is 18.6 Å². The van der Waals surface area contributed by atoms with E-state index in [1.54, 1.807) is 0 Å². The van der Waals surface area contributed by atoms with E-state index in [0.717, 1.165) is 0 Å². The molecule has 0 fully saturated rings. The Kier molecular flexibility index (Phi) is 10.2. The second-order valence-corrected chi connectivity index (χ2v) is 5.58. The predicted octanol–water partition coefficient (Wildman–Crippen LogP) is -3.30. The zero-order chi connectivity index (χ0) is 19.6. The van der Waals surface area contributed by atoms with Crippen molar-refractivity contribution in [2.24, 2.45) is 11.5 Å². The average Bonchev–Trinajstić information content (AvgIpc) is 2.53. The first-order valence-corrected chi connectivity index (χ1v) is 7.96. The molecular formula is C13H23N5O6S. The highest BCUT2D eigenvalue weighted by Gasteiger charge is 2.27. The van der Waals surface area contributed by atoms with Gasteiger partial charge in [-0.15, -0.1) is 0 Å². The van der Waals surface area contributed by atoms with Gasteiger partial charge < -0.3 is 32.5 Å². The molecule has 0 rings (SSSR count). The average molecular weight is 377 g/mol. The molecule has 0 aliphatic carbocycles. The summed E-state index contributed by atoms with van der Waals surface area (Å²) in [5, 5.41) is 15.3. The van der Waals surface area contributed by atoms with E-state index in [1.165, 1.54) is 6.92 Å². The van der Waals surface area contributed by atoms with E-state index in [4.69, 9.17) is 16.6 Å². The van der Waals surface area contributed by atoms with Gasteiger partial charge >= 0.3 is 5.97 Å². The van der Waals surface area contributed by atoms with Crippen LogP contribution < -0.4 is 27.4 Å². The number of aliphatic carboxylic acids is 1. The van der Waals surface area contributed by atoms with Crippen LogP contribution >= 0.6 is 12.6 Å². The number of hydrogen-bond donors (Lipinski definition) is 7. The topological polar surface area (TPSA) is 194 Å². The summed E-state index contributed by atoms with van der Waals surface area (Å²) >= 11 is 3.93. The molecule has 0 saturated carbocycles. The molecule has 0 aliphatic rings. The SMILES string of the molecule is CC(N)C(=O)NC(CCC(N)=O)C(=O)NC(CS)C(=O)NCC(=O)O. The van der Waals surface area contributed by atoms with Crippen LogP contribution in [0.1, 0.15) is 19.8 Å². The van der Waals surface area contributed by atoms with Crippen LogP contribution in [-0.2, 0) is 24.0 Å². The van der Waals surface area contributed by atoms with E-state index in [0.29, 0.717) is 0 Å². The van der Waals surface area contributed by atoms with Gasteiger partial charge in [0.15, 0.2) is 0 Å². The summed E-state index contributed by atoms with van der Waals surface area (Å²) in [5.41, 5.74) is 10.5. The Morgan fingerprint density at radius 1 is 1.04 bits per heavy atom. The van der Waals surface area contributed by atoms with Crippen molar-refractivity contribution in [1.29, 1.82) is 0 Å². The maximum absolute atomic E-state index is 12.3. The highest BCUT2D eigenvalue weighted by Crippen LogP contribution is 2.00. The molecule has 25 heavy (non-hydrogen) atoms. The largest absolute Gasteiger partial charge is 0.480 e. The molecule has 0 aromatic rings. The van der Waals surface area contributed by atoms with Crippen molar-refractivity contribution in [2.45, 2.75) is 37.9 Å². The molecular weight excluding hydrogens is 354 g/mol. The number of nitrogens with one attached hydrogen (secondary N) is 3. The number of nitrogens with two attached hydrogens (primary N) is 2. The van der Waals surface area contributed by atoms with Gasteiger partial charge in [0.05, 0.1) is 6.04 Å². The molecule has 3 atom stereocenters. The van der Waals surface area contributed by atoms with Crippen LogP contribution in [0.25, 0.3) is 0 Å². The number of rotatable bonds is 11. The molecule has 0 bridgehead atoms. The molecule has 0 aromatic heterocycles. The monoisotopic (exact) mass is 377 g/mol. The van der Waals surface area contributed by atoms with Gasteiger partial charge in [-0.25, -0.2) is 0 Å². The van der Waals surface area contributed by atoms with Crippen LogP contribution in [0.5, 0.6) is 0 Å². The van der Waals surface area contributed by atoms with Crippen molar-refractivity contribution >= 4 is 42.2 Å². The van der Waals surface area contributed by atoms with Crippen LogP contribution in [0.4, 0.5) is 0 Å². The van der Waals surface area contributed by atoms with Crippen molar-refractivity contribution in [3.8, 4) is 0 Å². The number of carbonyl (C=O) groups excluding carboxylic acids is 4. The minimum absolute atomic E-state index is 0.0876. The lowest BCUT2D eigenvalue weighted by atomic mass is 10.1. The van der Waals surface area contributed by atoms with E-state index in [1.807, 2.05) is 0 Å². The maximum atomic E-state index is 12.3. The van der Waals surface area contributed by atoms with Gasteiger partial charge in [0.1, 0.15) is 18.6 Å². The van der Waals surface area contributed by atoms with Gasteiger partial charge in [0.2, 0.25) is 23.6 Å². The third-order valence-corrected chi connectivity index (χ3v) is 3.32. The third kappa shape index (κ3) is 9.52. The summed E-state index contributed by atoms with van der Waals surface area (Å²) in [6, 6.07) is -3.15. The first-order chi connectivity index (χ1) is 11.6. The van der Waals surface area contributed by atoms with Crippen LogP contribution in [0, 0.1) is 0 Å². The third-order valence-electron chi connectivity index (χ3n) is 2.96. The fourth-order valence-electron chi connectivity index (χ4n) is 1.61. The maximum Gasteiger partial charge on any atom is 0.322 e. The molecule has 11 nitrogen and oxygen atoms in total. The van der Waals surface area contributed by atoms with Gasteiger partial charge in [0, 0.05) is 12.2 Å². The first-order valence-electron chi connectivity index (χ1n) is 7.33. The second kappa shape index (κ2) is 11.3. The number of carboxylic acid groups (broad SMARTS) is 1. The summed E-state index contributed by atoms with van der Waals surface area (Å²) in [5.74, 6) is -4.15. The Labute approximate surface area is 149 Å². The smallest absolute Gasteiger partial charge is 0.322 e. The first kappa shape index (κ1) is 22.7. The zero-order valence-electron chi connectivity index (χ0n) is 13.7. The Hall–Kier alpha value is -2.34. The second-order valence-electron chi connectivity index (χ2n) is 5.21. The lowest BCUT2D eigenvalue weighted by molar-refractivity contribution is -0.138. The number of carboxylic acids is 1. The fourth-order valence-corrected chi connectivity index (χ4v) is 1.87. The van der Waals surface area contributed by atoms with E-state index < -0.39 is 54.3 Å². The molecule has 0 heterocycles. The van der Waals surface area contributed by atoms with Crippen LogP contribution in [0.2, 0.25) is 0 Å². The minimum Gasteiger partial charge on any atom is -0.480 e. The van der Waals surface area contributed by atoms with Crippen LogP contribution in [0.15, 0.2) is 0 Å². The molecule has 8 N–H and O–H groups in total. The number of carbonyl (C=O) groups is 5. The van der Waals surface area contributed by atoms with Crippen LogP contribution in [-0.4, -0.2) is 65.1 Å². The van der Waals surface area contributed by atoms with Gasteiger partial charge in [-0.2, -0.15) is 12.6 Å². The van der Waals surface area contributed by atoms with Gasteiger partial charge in [-0.1, -0.05) is 0 Å². The normalized spacial score (nSPS) is 13.9. The van der Waals surface area contributed by atoms with Gasteiger partial charge in [-0.05, 0) is 13.3 Å². The summed E-state index contributed by atoms with van der Waals surface area (Å²) in [6.45, 7) is 0.791. The number of primary amides is 1. The molecule has 12 heteroatoms. The van der Waals surface area contributed by atoms with Crippen LogP contribution in [0.3, 0.4) is 0 Å². The number of hydrogen-bond acceptors (Lipinski definition) is 7. The molecule has 0 spiro atoms. The molecule has 3 unspecified atom stereocenters. The summed E-state index contributed by atoms with van der Waals surface area (Å²) in [4.78, 5) is 57.1. The van der Waals surface area contributed by atoms with E-state index >= 15 is 0 Å². The number of thiol groups is 1. The van der Waals surface area contributed by atoms with E-state index in [2.05, 4.69) is 28.6 Å². The lowest BCUT2D eigenvalue weighted by Crippen LogP contribution is -2.56. The van der Waals surface area contributed by atoms with Crippen molar-refractivity contribution in [2.75, 3.05) is 12.3 Å². The molecule has 142 valence electrons. The molecule has 0 aromatic carbocycles. The summed E-state index contributed by atoms with van der Waals surface area (Å²) < 4.78 is 0. The Morgan fingerprint density at radius 3 is 2.04 bits per heavy atom. The van der Waals surface area contributed by atoms with Crippen molar-refractivity contribution in [1.82, 2.24) is 16.0 Å². The highest BCUT2D eigenvalue weighted by atomic mass is 32.1. The lowest BCUT2D eigenvalue weighted by Gasteiger charge is -2.22. The summed E-state index contributed by atoms with van der Waals surface area (Å²) in [7, 11) is 0. The minimum atomic E-state index is -1.25. The Balaban J connectivity index is 4.94. The Morgan fingerprint density at radius 2 is 1.60 bits per heavy atom. The molecule has 4 amide bonds. The zero-order valence-corrected chi connectivity index (χ0v) is 14.5. The quantitative estimate of drug-likeness (QED) is 0.183. The highest BCUT2D eigenvalue weighted by molar-refractivity contribution is 7.80. The molecule has 0 saturated heterocycles. The fraction of sp³-hybridized carbons (Fsp3) is 0.615. The summed E-state index contributed by atoms with van der Waals surface area (Å²) in [6.07, 6.45) is -0.260. The Bertz CT molecular complexity index is 527. The molecule has 0 radical (unpaired) electrons. The number of amides is 4. The van der Waals surface area contributed by atoms with Gasteiger partial charge in [-0.3, -0.25) is 24.0 Å². The standard InChI is InChI=1S/C13H23N5O6S/c1-6(14)11(22)17-7(2-3-9(15)19)13(24)18-8(5-25)12(23)16-4-10(20)21/h6-8,25H,2-5,14H2,1H3,(H2,15,19)(H,16,23)(H,17,22)(H,18,24)(H,20,21). The van der Waals surface area contributed by atoms with Crippen molar-refractivity contribution < 1.29 is 29.1 Å². The van der Waals surface area contributed by atoms with Crippen molar-refractivity contribution in [3.05, 3.63) is 0 Å².